The van der Waals surface area contributed by atoms with E-state index in [0.29, 0.717) is 18.0 Å². The van der Waals surface area contributed by atoms with E-state index >= 15 is 0 Å². The Hall–Kier alpha value is -1.33. The standard InChI is InChI=1S/C13H19N3O2.ClH/c1-13(8-14,10-3-4-10)15-12(18)9-5-6-16(2)11(17)7-9;/h5-7,10H,3-4,8,14H2,1-2H3,(H,15,18);1H. The maximum absolute atomic E-state index is 12.1. The lowest BCUT2D eigenvalue weighted by atomic mass is 9.95. The molecule has 1 unspecified atom stereocenters. The molecule has 19 heavy (non-hydrogen) atoms. The second kappa shape index (κ2) is 5.75. The van der Waals surface area contributed by atoms with Crippen LogP contribution < -0.4 is 16.6 Å². The Morgan fingerprint density at radius 2 is 2.21 bits per heavy atom. The lowest BCUT2D eigenvalue weighted by molar-refractivity contribution is 0.0897. The molecule has 1 fully saturated rings. The predicted molar refractivity (Wildman–Crippen MR) is 76.6 cm³/mol. The van der Waals surface area contributed by atoms with Crippen LogP contribution in [0.2, 0.25) is 0 Å². The van der Waals surface area contributed by atoms with Crippen LogP contribution in [0.1, 0.15) is 30.1 Å². The van der Waals surface area contributed by atoms with Gasteiger partial charge in [0.15, 0.2) is 0 Å². The number of hydrogen-bond donors (Lipinski definition) is 2. The van der Waals surface area contributed by atoms with E-state index in [9.17, 15) is 9.59 Å². The molecule has 1 aromatic rings. The number of halogens is 1. The Kier molecular flexibility index (Phi) is 4.76. The third kappa shape index (κ3) is 3.36. The number of pyridine rings is 1. The lowest BCUT2D eigenvalue weighted by Crippen LogP contribution is -2.53. The summed E-state index contributed by atoms with van der Waals surface area (Å²) in [6, 6.07) is 2.99. The molecule has 1 atom stereocenters. The number of nitrogens with zero attached hydrogens (tertiary/aromatic N) is 1. The van der Waals surface area contributed by atoms with E-state index in [4.69, 9.17) is 5.73 Å². The van der Waals surface area contributed by atoms with Gasteiger partial charge in [-0.25, -0.2) is 0 Å². The number of carbonyl (C=O) groups excluding carboxylic acids is 1. The molecule has 106 valence electrons. The van der Waals surface area contributed by atoms with Crippen molar-refractivity contribution in [2.45, 2.75) is 25.3 Å². The summed E-state index contributed by atoms with van der Waals surface area (Å²) in [6.07, 6.45) is 3.79. The summed E-state index contributed by atoms with van der Waals surface area (Å²) in [4.78, 5) is 23.6. The summed E-state index contributed by atoms with van der Waals surface area (Å²) < 4.78 is 1.43. The van der Waals surface area contributed by atoms with Crippen LogP contribution in [-0.2, 0) is 7.05 Å². The molecule has 0 spiro atoms. The fourth-order valence-electron chi connectivity index (χ4n) is 2.06. The molecule has 0 saturated heterocycles. The molecule has 1 aliphatic rings. The first-order chi connectivity index (χ1) is 8.46. The monoisotopic (exact) mass is 285 g/mol. The minimum absolute atomic E-state index is 0. The third-order valence-electron chi connectivity index (χ3n) is 3.67. The number of nitrogens with one attached hydrogen (secondary N) is 1. The van der Waals surface area contributed by atoms with Crippen LogP contribution in [0.4, 0.5) is 0 Å². The molecular formula is C13H20ClN3O2. The van der Waals surface area contributed by atoms with Crippen molar-refractivity contribution in [3.8, 4) is 0 Å². The Labute approximate surface area is 118 Å². The van der Waals surface area contributed by atoms with E-state index in [1.165, 1.54) is 10.6 Å². The molecule has 1 amide bonds. The van der Waals surface area contributed by atoms with Gasteiger partial charge >= 0.3 is 0 Å². The van der Waals surface area contributed by atoms with Crippen molar-refractivity contribution in [1.82, 2.24) is 9.88 Å². The summed E-state index contributed by atoms with van der Waals surface area (Å²) in [5.41, 5.74) is 5.58. The zero-order valence-corrected chi connectivity index (χ0v) is 12.0. The Balaban J connectivity index is 0.00000180. The number of rotatable bonds is 4. The molecule has 1 aromatic heterocycles. The molecule has 0 radical (unpaired) electrons. The number of amides is 1. The second-order valence-electron chi connectivity index (χ2n) is 5.21. The van der Waals surface area contributed by atoms with Crippen LogP contribution in [0.5, 0.6) is 0 Å². The van der Waals surface area contributed by atoms with Gasteiger partial charge in [-0.3, -0.25) is 9.59 Å². The lowest BCUT2D eigenvalue weighted by Gasteiger charge is -2.29. The zero-order valence-electron chi connectivity index (χ0n) is 11.2. The first-order valence-corrected chi connectivity index (χ1v) is 6.15. The summed E-state index contributed by atoms with van der Waals surface area (Å²) in [5, 5.41) is 2.96. The van der Waals surface area contributed by atoms with E-state index in [1.807, 2.05) is 6.92 Å². The van der Waals surface area contributed by atoms with Gasteiger partial charge in [-0.1, -0.05) is 0 Å². The van der Waals surface area contributed by atoms with Crippen LogP contribution in [-0.4, -0.2) is 22.6 Å². The van der Waals surface area contributed by atoms with Crippen molar-refractivity contribution < 1.29 is 4.79 Å². The average Bonchev–Trinajstić information content (AvgIpc) is 3.16. The minimum Gasteiger partial charge on any atom is -0.345 e. The highest BCUT2D eigenvalue weighted by Crippen LogP contribution is 2.39. The molecule has 2 rings (SSSR count). The Morgan fingerprint density at radius 1 is 1.58 bits per heavy atom. The molecule has 5 nitrogen and oxygen atoms in total. The molecule has 1 saturated carbocycles. The number of aromatic nitrogens is 1. The Morgan fingerprint density at radius 3 is 2.68 bits per heavy atom. The summed E-state index contributed by atoms with van der Waals surface area (Å²) >= 11 is 0. The predicted octanol–water partition coefficient (Wildman–Crippen LogP) is 0.664. The number of hydrogen-bond acceptors (Lipinski definition) is 3. The zero-order chi connectivity index (χ0) is 13.3. The number of nitrogens with two attached hydrogens (primary N) is 1. The summed E-state index contributed by atoms with van der Waals surface area (Å²) in [7, 11) is 1.65. The number of carbonyl (C=O) groups is 1. The second-order valence-corrected chi connectivity index (χ2v) is 5.21. The first kappa shape index (κ1) is 15.7. The van der Waals surface area contributed by atoms with Crippen molar-refractivity contribution in [1.29, 1.82) is 0 Å². The van der Waals surface area contributed by atoms with Crippen LogP contribution in [0, 0.1) is 5.92 Å². The van der Waals surface area contributed by atoms with Crippen LogP contribution >= 0.6 is 12.4 Å². The van der Waals surface area contributed by atoms with Gasteiger partial charge in [0.2, 0.25) is 0 Å². The average molecular weight is 286 g/mol. The van der Waals surface area contributed by atoms with E-state index in [-0.39, 0.29) is 29.4 Å². The van der Waals surface area contributed by atoms with Gasteiger partial charge in [-0.05, 0) is 31.7 Å². The topological polar surface area (TPSA) is 77.1 Å². The third-order valence-corrected chi connectivity index (χ3v) is 3.67. The van der Waals surface area contributed by atoms with Crippen LogP contribution in [0.25, 0.3) is 0 Å². The number of aryl methyl sites for hydroxylation is 1. The molecule has 6 heteroatoms. The molecule has 0 aliphatic heterocycles. The normalized spacial score (nSPS) is 17.2. The maximum atomic E-state index is 12.1. The van der Waals surface area contributed by atoms with Gasteiger partial charge in [0.1, 0.15) is 0 Å². The molecule has 1 aliphatic carbocycles. The fourth-order valence-corrected chi connectivity index (χ4v) is 2.06. The molecule has 3 N–H and O–H groups in total. The van der Waals surface area contributed by atoms with Gasteiger partial charge in [-0.15, -0.1) is 12.4 Å². The summed E-state index contributed by atoms with van der Waals surface area (Å²) in [5.74, 6) is 0.227. The van der Waals surface area contributed by atoms with Crippen molar-refractivity contribution in [2.75, 3.05) is 6.54 Å². The highest BCUT2D eigenvalue weighted by molar-refractivity contribution is 5.94. The van der Waals surface area contributed by atoms with Crippen LogP contribution in [0.3, 0.4) is 0 Å². The van der Waals surface area contributed by atoms with E-state index in [2.05, 4.69) is 5.32 Å². The highest BCUT2D eigenvalue weighted by Gasteiger charge is 2.41. The largest absolute Gasteiger partial charge is 0.345 e. The van der Waals surface area contributed by atoms with Gasteiger partial charge < -0.3 is 15.6 Å². The fraction of sp³-hybridized carbons (Fsp3) is 0.538. The maximum Gasteiger partial charge on any atom is 0.252 e. The van der Waals surface area contributed by atoms with E-state index in [0.717, 1.165) is 12.8 Å². The molecule has 0 bridgehead atoms. The smallest absolute Gasteiger partial charge is 0.252 e. The Bertz CT molecular complexity index is 525. The highest BCUT2D eigenvalue weighted by atomic mass is 35.5. The van der Waals surface area contributed by atoms with Crippen molar-refractivity contribution in [3.05, 3.63) is 34.2 Å². The first-order valence-electron chi connectivity index (χ1n) is 6.15. The van der Waals surface area contributed by atoms with Crippen molar-refractivity contribution >= 4 is 18.3 Å². The van der Waals surface area contributed by atoms with Crippen LogP contribution in [0.15, 0.2) is 23.1 Å². The molecule has 1 heterocycles. The van der Waals surface area contributed by atoms with Gasteiger partial charge in [0.05, 0.1) is 5.54 Å². The van der Waals surface area contributed by atoms with Gasteiger partial charge in [0.25, 0.3) is 11.5 Å². The quantitative estimate of drug-likeness (QED) is 0.853. The van der Waals surface area contributed by atoms with Crippen molar-refractivity contribution in [2.24, 2.45) is 18.7 Å². The summed E-state index contributed by atoms with van der Waals surface area (Å²) in [6.45, 7) is 2.37. The van der Waals surface area contributed by atoms with E-state index < -0.39 is 0 Å². The van der Waals surface area contributed by atoms with Gasteiger partial charge in [0, 0.05) is 31.4 Å². The molecule has 0 aromatic carbocycles. The minimum atomic E-state index is -0.363. The molecular weight excluding hydrogens is 266 g/mol. The van der Waals surface area contributed by atoms with E-state index in [1.54, 1.807) is 19.3 Å². The SMILES string of the molecule is Cl.Cn1ccc(C(=O)NC(C)(CN)C2CC2)cc1=O. The van der Waals surface area contributed by atoms with Gasteiger partial charge in [-0.2, -0.15) is 0 Å². The van der Waals surface area contributed by atoms with Crippen molar-refractivity contribution in [3.63, 3.8) is 0 Å².